The van der Waals surface area contributed by atoms with Gasteiger partial charge in [0.05, 0.1) is 0 Å². The minimum absolute atomic E-state index is 1.03. The molecule has 16 heavy (non-hydrogen) atoms. The quantitative estimate of drug-likeness (QED) is 0.633. The van der Waals surface area contributed by atoms with Gasteiger partial charge in [-0.05, 0) is 46.5 Å². The molecule has 0 saturated carbocycles. The van der Waals surface area contributed by atoms with Crippen LogP contribution in [0.5, 0.6) is 0 Å². The first-order chi connectivity index (χ1) is 7.76. The number of hydrogen-bond donors (Lipinski definition) is 0. The average molecular weight is 206 g/mol. The molecule has 0 N–H and O–H groups in total. The van der Waals surface area contributed by atoms with E-state index in [9.17, 15) is 0 Å². The van der Waals surface area contributed by atoms with E-state index >= 15 is 0 Å². The molecule has 1 aromatic carbocycles. The fraction of sp³-hybridized carbons (Fsp3) is 0. The van der Waals surface area contributed by atoms with Gasteiger partial charge in [0.2, 0.25) is 0 Å². The van der Waals surface area contributed by atoms with Crippen LogP contribution in [0.25, 0.3) is 24.3 Å². The van der Waals surface area contributed by atoms with Gasteiger partial charge in [0, 0.05) is 0 Å². The van der Waals surface area contributed by atoms with Crippen LogP contribution in [0, 0.1) is 0 Å². The maximum atomic E-state index is 3.79. The van der Waals surface area contributed by atoms with Gasteiger partial charge in [-0.3, -0.25) is 0 Å². The van der Waals surface area contributed by atoms with Crippen molar-refractivity contribution in [3.05, 3.63) is 72.2 Å². The molecule has 1 rings (SSSR count). The van der Waals surface area contributed by atoms with Crippen molar-refractivity contribution < 1.29 is 0 Å². The highest BCUT2D eigenvalue weighted by molar-refractivity contribution is 5.74. The minimum Gasteiger partial charge on any atom is -0.128 e. The third kappa shape index (κ3) is 2.40. The molecule has 0 radical (unpaired) electrons. The predicted octanol–water partition coefficient (Wildman–Crippen LogP) is 4.57. The van der Waals surface area contributed by atoms with E-state index in [2.05, 4.69) is 37.8 Å². The molecule has 0 aliphatic carbocycles. The summed E-state index contributed by atoms with van der Waals surface area (Å²) in [5.74, 6) is 0. The van der Waals surface area contributed by atoms with Gasteiger partial charge < -0.3 is 0 Å². The van der Waals surface area contributed by atoms with Gasteiger partial charge in [-0.2, -0.15) is 0 Å². The molecule has 0 aliphatic heterocycles. The third-order valence-electron chi connectivity index (χ3n) is 2.24. The summed E-state index contributed by atoms with van der Waals surface area (Å²) in [4.78, 5) is 0. The molecule has 0 heterocycles. The monoisotopic (exact) mass is 206 g/mol. The minimum atomic E-state index is 1.03. The van der Waals surface area contributed by atoms with Gasteiger partial charge in [0.25, 0.3) is 0 Å². The third-order valence-corrected chi connectivity index (χ3v) is 2.24. The van der Waals surface area contributed by atoms with E-state index in [1.165, 1.54) is 0 Å². The fourth-order valence-electron chi connectivity index (χ4n) is 1.49. The van der Waals surface area contributed by atoms with Gasteiger partial charge in [-0.25, -0.2) is 0 Å². The second-order valence-corrected chi connectivity index (χ2v) is 3.22. The Hall–Kier alpha value is -2.26. The van der Waals surface area contributed by atoms with Crippen LogP contribution >= 0.6 is 0 Å². The van der Waals surface area contributed by atoms with Crippen LogP contribution in [0.3, 0.4) is 0 Å². The number of benzene rings is 1. The van der Waals surface area contributed by atoms with Crippen molar-refractivity contribution in [1.82, 2.24) is 0 Å². The van der Waals surface area contributed by atoms with E-state index in [1.54, 1.807) is 12.2 Å². The normalized spacial score (nSPS) is 8.50. The first kappa shape index (κ1) is 11.8. The zero-order chi connectivity index (χ0) is 12.0. The standard InChI is InChI=1S/C16H14/c1-5-9-15-11-14(8-4)16(10-6-2)12-13(15)7-3/h7-12H,1-4H2. The second-order valence-electron chi connectivity index (χ2n) is 3.22. The maximum Gasteiger partial charge on any atom is -0.0101 e. The molecule has 0 spiro atoms. The molecule has 0 aliphatic rings. The van der Waals surface area contributed by atoms with Gasteiger partial charge >= 0.3 is 0 Å². The summed E-state index contributed by atoms with van der Waals surface area (Å²) < 4.78 is 0. The van der Waals surface area contributed by atoms with E-state index in [0.717, 1.165) is 22.3 Å². The van der Waals surface area contributed by atoms with Crippen molar-refractivity contribution in [2.75, 3.05) is 0 Å². The summed E-state index contributed by atoms with van der Waals surface area (Å²) in [6.07, 6.45) is 7.25. The van der Waals surface area contributed by atoms with Crippen molar-refractivity contribution in [2.24, 2.45) is 0 Å². The van der Waals surface area contributed by atoms with E-state index < -0.39 is 0 Å². The zero-order valence-electron chi connectivity index (χ0n) is 9.29. The van der Waals surface area contributed by atoms with Crippen molar-refractivity contribution in [1.29, 1.82) is 0 Å². The lowest BCUT2D eigenvalue weighted by Gasteiger charge is -2.06. The molecule has 0 heteroatoms. The molecule has 0 fully saturated rings. The highest BCUT2D eigenvalue weighted by Crippen LogP contribution is 2.21. The van der Waals surface area contributed by atoms with E-state index in [1.807, 2.05) is 24.3 Å². The van der Waals surface area contributed by atoms with Gasteiger partial charge in [0.1, 0.15) is 0 Å². The first-order valence-electron chi connectivity index (χ1n) is 4.91. The Morgan fingerprint density at radius 2 is 1.12 bits per heavy atom. The molecule has 0 bridgehead atoms. The lowest BCUT2D eigenvalue weighted by molar-refractivity contribution is 1.55. The molecular formula is C16H14. The molecule has 0 atom stereocenters. The summed E-state index contributed by atoms with van der Waals surface area (Å²) >= 11 is 0. The Balaban J connectivity index is 3.56. The largest absolute Gasteiger partial charge is 0.128 e. The maximum absolute atomic E-state index is 3.79. The van der Waals surface area contributed by atoms with E-state index in [-0.39, 0.29) is 0 Å². The molecule has 0 aromatic heterocycles. The summed E-state index contributed by atoms with van der Waals surface area (Å²) in [6.45, 7) is 14.7. The topological polar surface area (TPSA) is 0 Å². The highest BCUT2D eigenvalue weighted by atomic mass is 14.1. The smallest absolute Gasteiger partial charge is 0.0101 e. The fourth-order valence-corrected chi connectivity index (χ4v) is 1.49. The Morgan fingerprint density at radius 3 is 1.38 bits per heavy atom. The molecule has 0 saturated heterocycles. The van der Waals surface area contributed by atoms with Crippen LogP contribution in [0.1, 0.15) is 22.3 Å². The summed E-state index contributed by atoms with van der Waals surface area (Å²) in [6, 6.07) is 4.04. The molecular weight excluding hydrogens is 192 g/mol. The molecule has 0 nitrogen and oxygen atoms in total. The van der Waals surface area contributed by atoms with Crippen LogP contribution in [0.4, 0.5) is 0 Å². The first-order valence-corrected chi connectivity index (χ1v) is 4.91. The predicted molar refractivity (Wildman–Crippen MR) is 73.8 cm³/mol. The van der Waals surface area contributed by atoms with Crippen LogP contribution in [0.2, 0.25) is 0 Å². The lowest BCUT2D eigenvalue weighted by atomic mass is 9.98. The summed E-state index contributed by atoms with van der Waals surface area (Å²) in [7, 11) is 0. The van der Waals surface area contributed by atoms with Crippen molar-refractivity contribution in [2.45, 2.75) is 0 Å². The number of rotatable bonds is 4. The summed E-state index contributed by atoms with van der Waals surface area (Å²) in [5, 5.41) is 0. The van der Waals surface area contributed by atoms with Gasteiger partial charge in [-0.1, -0.05) is 38.5 Å². The van der Waals surface area contributed by atoms with Crippen LogP contribution in [0.15, 0.2) is 49.9 Å². The molecule has 0 unspecified atom stereocenters. The molecule has 1 aromatic rings. The second kappa shape index (κ2) is 5.58. The van der Waals surface area contributed by atoms with Gasteiger partial charge in [-0.15, -0.1) is 11.5 Å². The lowest BCUT2D eigenvalue weighted by Crippen LogP contribution is -1.87. The van der Waals surface area contributed by atoms with Gasteiger partial charge in [0.15, 0.2) is 0 Å². The highest BCUT2D eigenvalue weighted by Gasteiger charge is 2.02. The number of hydrogen-bond acceptors (Lipinski definition) is 0. The van der Waals surface area contributed by atoms with Crippen LogP contribution < -0.4 is 0 Å². The summed E-state index contributed by atoms with van der Waals surface area (Å²) in [5.41, 5.74) is 9.65. The SMILES string of the molecule is C=C=Cc1cc(C=C)c(C=C=C)cc1C=C. The Morgan fingerprint density at radius 1 is 0.750 bits per heavy atom. The average Bonchev–Trinajstić information content (AvgIpc) is 2.31. The van der Waals surface area contributed by atoms with Crippen molar-refractivity contribution >= 4 is 24.3 Å². The molecule has 0 amide bonds. The van der Waals surface area contributed by atoms with Crippen molar-refractivity contribution in [3.8, 4) is 0 Å². The zero-order valence-corrected chi connectivity index (χ0v) is 9.29. The Bertz CT molecular complexity index is 467. The van der Waals surface area contributed by atoms with Crippen LogP contribution in [-0.2, 0) is 0 Å². The van der Waals surface area contributed by atoms with Crippen molar-refractivity contribution in [3.63, 3.8) is 0 Å². The molecule has 78 valence electrons. The Labute approximate surface area is 96.9 Å². The van der Waals surface area contributed by atoms with E-state index in [4.69, 9.17) is 0 Å². The Kier molecular flexibility index (Phi) is 4.12. The van der Waals surface area contributed by atoms with E-state index in [0.29, 0.717) is 0 Å². The van der Waals surface area contributed by atoms with Crippen LogP contribution in [-0.4, -0.2) is 0 Å².